The highest BCUT2D eigenvalue weighted by Crippen LogP contribution is 2.32. The Morgan fingerprint density at radius 3 is 3.28 bits per heavy atom. The van der Waals surface area contributed by atoms with E-state index in [1.165, 1.54) is 17.7 Å². The minimum absolute atomic E-state index is 0.158. The first-order valence-electron chi connectivity index (χ1n) is 6.84. The Hall–Kier alpha value is -0.970. The van der Waals surface area contributed by atoms with Gasteiger partial charge in [0.05, 0.1) is 12.6 Å². The molecular formula is C14H23N3O. The fraction of sp³-hybridized carbons (Fsp3) is 0.643. The van der Waals surface area contributed by atoms with E-state index in [1.807, 2.05) is 12.3 Å². The van der Waals surface area contributed by atoms with Gasteiger partial charge in [0.15, 0.2) is 0 Å². The van der Waals surface area contributed by atoms with E-state index in [1.54, 1.807) is 0 Å². The average Bonchev–Trinajstić information content (AvgIpc) is 2.43. The van der Waals surface area contributed by atoms with E-state index in [4.69, 9.17) is 10.6 Å². The van der Waals surface area contributed by atoms with Crippen LogP contribution in [-0.4, -0.2) is 24.2 Å². The normalized spacial score (nSPS) is 20.4. The molecule has 4 heteroatoms. The lowest BCUT2D eigenvalue weighted by molar-refractivity contribution is 0.101. The maximum atomic E-state index is 5.69. The van der Waals surface area contributed by atoms with E-state index in [-0.39, 0.29) is 6.04 Å². The third kappa shape index (κ3) is 3.07. The standard InChI is InChI=1S/C14H23N3O/c1-2-9-18-10-13(17-15)12-7-3-5-11-6-4-8-16-14(11)12/h4,6,8,12-13,17H,2-3,5,7,9-10,15H2,1H3. The molecule has 0 bridgehead atoms. The zero-order valence-corrected chi connectivity index (χ0v) is 11.1. The molecule has 100 valence electrons. The number of nitrogens with two attached hydrogens (primary N) is 1. The molecule has 18 heavy (non-hydrogen) atoms. The zero-order valence-electron chi connectivity index (χ0n) is 11.1. The molecule has 0 saturated heterocycles. The number of hydrogen-bond donors (Lipinski definition) is 2. The van der Waals surface area contributed by atoms with Crippen molar-refractivity contribution in [2.75, 3.05) is 13.2 Å². The molecule has 3 N–H and O–H groups in total. The molecule has 0 radical (unpaired) electrons. The lowest BCUT2D eigenvalue weighted by atomic mass is 9.82. The quantitative estimate of drug-likeness (QED) is 0.458. The topological polar surface area (TPSA) is 60.2 Å². The SMILES string of the molecule is CCCOCC(NN)C1CCCc2cccnc21. The fourth-order valence-corrected chi connectivity index (χ4v) is 2.67. The van der Waals surface area contributed by atoms with Crippen LogP contribution in [0, 0.1) is 0 Å². The van der Waals surface area contributed by atoms with Crippen LogP contribution in [0.4, 0.5) is 0 Å². The zero-order chi connectivity index (χ0) is 12.8. The molecule has 0 saturated carbocycles. The second-order valence-electron chi connectivity index (χ2n) is 4.89. The Morgan fingerprint density at radius 1 is 1.61 bits per heavy atom. The molecule has 0 spiro atoms. The summed E-state index contributed by atoms with van der Waals surface area (Å²) in [5, 5.41) is 0. The van der Waals surface area contributed by atoms with Crippen LogP contribution in [0.15, 0.2) is 18.3 Å². The lowest BCUT2D eigenvalue weighted by Gasteiger charge is -2.30. The average molecular weight is 249 g/mol. The van der Waals surface area contributed by atoms with Gasteiger partial charge in [0.2, 0.25) is 0 Å². The first-order valence-corrected chi connectivity index (χ1v) is 6.84. The number of hydrazine groups is 1. The first-order chi connectivity index (χ1) is 8.86. The maximum Gasteiger partial charge on any atom is 0.0639 e. The van der Waals surface area contributed by atoms with Gasteiger partial charge in [-0.2, -0.15) is 0 Å². The van der Waals surface area contributed by atoms with Crippen LogP contribution in [0.5, 0.6) is 0 Å². The molecule has 2 atom stereocenters. The summed E-state index contributed by atoms with van der Waals surface area (Å²) >= 11 is 0. The summed E-state index contributed by atoms with van der Waals surface area (Å²) in [7, 11) is 0. The highest BCUT2D eigenvalue weighted by Gasteiger charge is 2.28. The molecule has 4 nitrogen and oxygen atoms in total. The Morgan fingerprint density at radius 2 is 2.50 bits per heavy atom. The van der Waals surface area contributed by atoms with Gasteiger partial charge in [-0.15, -0.1) is 0 Å². The van der Waals surface area contributed by atoms with Crippen LogP contribution in [0.2, 0.25) is 0 Å². The molecular weight excluding hydrogens is 226 g/mol. The third-order valence-corrected chi connectivity index (χ3v) is 3.58. The summed E-state index contributed by atoms with van der Waals surface area (Å²) in [6.07, 6.45) is 6.38. The number of nitrogens with zero attached hydrogens (tertiary/aromatic N) is 1. The largest absolute Gasteiger partial charge is 0.380 e. The highest BCUT2D eigenvalue weighted by molar-refractivity contribution is 5.27. The van der Waals surface area contributed by atoms with Crippen molar-refractivity contribution in [3.8, 4) is 0 Å². The van der Waals surface area contributed by atoms with E-state index in [2.05, 4.69) is 23.4 Å². The molecule has 0 aromatic carbocycles. The van der Waals surface area contributed by atoms with Gasteiger partial charge in [-0.1, -0.05) is 13.0 Å². The van der Waals surface area contributed by atoms with Gasteiger partial charge in [-0.25, -0.2) is 0 Å². The molecule has 1 aromatic rings. The number of ether oxygens (including phenoxy) is 1. The lowest BCUT2D eigenvalue weighted by Crippen LogP contribution is -2.44. The van der Waals surface area contributed by atoms with Crippen LogP contribution >= 0.6 is 0 Å². The van der Waals surface area contributed by atoms with Crippen molar-refractivity contribution in [3.05, 3.63) is 29.6 Å². The predicted molar refractivity (Wildman–Crippen MR) is 72.1 cm³/mol. The summed E-state index contributed by atoms with van der Waals surface area (Å²) in [6.45, 7) is 3.56. The smallest absolute Gasteiger partial charge is 0.0639 e. The van der Waals surface area contributed by atoms with Crippen molar-refractivity contribution in [2.45, 2.75) is 44.6 Å². The van der Waals surface area contributed by atoms with E-state index in [9.17, 15) is 0 Å². The van der Waals surface area contributed by atoms with Gasteiger partial charge in [-0.3, -0.25) is 16.3 Å². The van der Waals surface area contributed by atoms with Crippen molar-refractivity contribution in [3.63, 3.8) is 0 Å². The molecule has 1 aromatic heterocycles. The fourth-order valence-electron chi connectivity index (χ4n) is 2.67. The third-order valence-electron chi connectivity index (χ3n) is 3.58. The molecule has 2 unspecified atom stereocenters. The molecule has 0 aliphatic heterocycles. The minimum Gasteiger partial charge on any atom is -0.380 e. The van der Waals surface area contributed by atoms with Crippen LogP contribution in [0.25, 0.3) is 0 Å². The van der Waals surface area contributed by atoms with Crippen LogP contribution in [-0.2, 0) is 11.2 Å². The van der Waals surface area contributed by atoms with Crippen molar-refractivity contribution in [1.82, 2.24) is 10.4 Å². The first kappa shape index (κ1) is 13.5. The second-order valence-corrected chi connectivity index (χ2v) is 4.89. The second kappa shape index (κ2) is 6.83. The number of hydrogen-bond acceptors (Lipinski definition) is 4. The van der Waals surface area contributed by atoms with E-state index < -0.39 is 0 Å². The molecule has 2 rings (SSSR count). The summed E-state index contributed by atoms with van der Waals surface area (Å²) in [5.74, 6) is 6.06. The summed E-state index contributed by atoms with van der Waals surface area (Å²) < 4.78 is 5.63. The maximum absolute atomic E-state index is 5.69. The number of aromatic nitrogens is 1. The van der Waals surface area contributed by atoms with Crippen molar-refractivity contribution >= 4 is 0 Å². The Labute approximate surface area is 109 Å². The molecule has 0 amide bonds. The van der Waals surface area contributed by atoms with Gasteiger partial charge in [0.1, 0.15) is 0 Å². The Kier molecular flexibility index (Phi) is 5.11. The monoisotopic (exact) mass is 249 g/mol. The van der Waals surface area contributed by atoms with Gasteiger partial charge in [0.25, 0.3) is 0 Å². The summed E-state index contributed by atoms with van der Waals surface area (Å²) in [4.78, 5) is 4.55. The van der Waals surface area contributed by atoms with Crippen LogP contribution in [0.3, 0.4) is 0 Å². The van der Waals surface area contributed by atoms with Gasteiger partial charge >= 0.3 is 0 Å². The van der Waals surface area contributed by atoms with Gasteiger partial charge in [0, 0.05) is 24.4 Å². The van der Waals surface area contributed by atoms with Crippen LogP contribution in [0.1, 0.15) is 43.4 Å². The molecule has 1 aliphatic carbocycles. The highest BCUT2D eigenvalue weighted by atomic mass is 16.5. The van der Waals surface area contributed by atoms with E-state index >= 15 is 0 Å². The summed E-state index contributed by atoms with van der Waals surface area (Å²) in [6, 6.07) is 4.35. The number of rotatable bonds is 6. The van der Waals surface area contributed by atoms with Gasteiger partial charge in [-0.05, 0) is 37.3 Å². The van der Waals surface area contributed by atoms with E-state index in [0.717, 1.165) is 25.9 Å². The molecule has 0 fully saturated rings. The number of pyridine rings is 1. The van der Waals surface area contributed by atoms with Gasteiger partial charge < -0.3 is 4.74 Å². The molecule has 1 heterocycles. The minimum atomic E-state index is 0.158. The number of aryl methyl sites for hydroxylation is 1. The van der Waals surface area contributed by atoms with Crippen LogP contribution < -0.4 is 11.3 Å². The van der Waals surface area contributed by atoms with E-state index in [0.29, 0.717) is 12.5 Å². The Balaban J connectivity index is 2.07. The van der Waals surface area contributed by atoms with Crippen molar-refractivity contribution < 1.29 is 4.74 Å². The van der Waals surface area contributed by atoms with Crippen molar-refractivity contribution in [2.24, 2.45) is 5.84 Å². The Bertz CT molecular complexity index is 370. The number of nitrogens with one attached hydrogen (secondary N) is 1. The molecule has 1 aliphatic rings. The number of fused-ring (bicyclic) bond motifs is 1. The summed E-state index contributed by atoms with van der Waals surface area (Å²) in [5.41, 5.74) is 5.47. The van der Waals surface area contributed by atoms with Crippen molar-refractivity contribution in [1.29, 1.82) is 0 Å². The predicted octanol–water partition coefficient (Wildman–Crippen LogP) is 1.76.